The number of hydrogen-bond acceptors (Lipinski definition) is 4. The second kappa shape index (κ2) is 7.54. The topological polar surface area (TPSA) is 101 Å². The predicted molar refractivity (Wildman–Crippen MR) is 92.2 cm³/mol. The zero-order valence-electron chi connectivity index (χ0n) is 14.7. The molecule has 9 heteroatoms. The molecule has 136 valence electrons. The third-order valence-electron chi connectivity index (χ3n) is 4.76. The second-order valence-electron chi connectivity index (χ2n) is 6.71. The van der Waals surface area contributed by atoms with Crippen LogP contribution in [0.5, 0.6) is 0 Å². The highest BCUT2D eigenvalue weighted by molar-refractivity contribution is 5.74. The molecule has 1 fully saturated rings. The summed E-state index contributed by atoms with van der Waals surface area (Å²) in [6, 6.07) is 0.0747. The van der Waals surface area contributed by atoms with Gasteiger partial charge in [-0.1, -0.05) is 6.92 Å². The van der Waals surface area contributed by atoms with Gasteiger partial charge in [-0.2, -0.15) is 5.10 Å². The van der Waals surface area contributed by atoms with Crippen LogP contribution in [0.2, 0.25) is 0 Å². The number of carbonyl (C=O) groups is 1. The summed E-state index contributed by atoms with van der Waals surface area (Å²) < 4.78 is 3.70. The summed E-state index contributed by atoms with van der Waals surface area (Å²) >= 11 is 0. The van der Waals surface area contributed by atoms with Crippen molar-refractivity contribution in [2.45, 2.75) is 39.3 Å². The second-order valence-corrected chi connectivity index (χ2v) is 6.71. The molecule has 0 spiro atoms. The summed E-state index contributed by atoms with van der Waals surface area (Å²) in [5.74, 6) is 1.30. The van der Waals surface area contributed by atoms with Gasteiger partial charge in [-0.25, -0.2) is 19.7 Å². The number of nitrogens with zero attached hydrogens (tertiary/aromatic N) is 5. The molecule has 0 bridgehead atoms. The van der Waals surface area contributed by atoms with E-state index in [4.69, 9.17) is 0 Å². The molecule has 25 heavy (non-hydrogen) atoms. The Morgan fingerprint density at radius 1 is 1.44 bits per heavy atom. The molecule has 3 rings (SSSR count). The molecule has 9 nitrogen and oxygen atoms in total. The fourth-order valence-electron chi connectivity index (χ4n) is 3.23. The van der Waals surface area contributed by atoms with Crippen LogP contribution in [0.4, 0.5) is 4.79 Å². The van der Waals surface area contributed by atoms with Crippen LogP contribution in [0.25, 0.3) is 0 Å². The highest BCUT2D eigenvalue weighted by Crippen LogP contribution is 2.20. The molecule has 0 saturated carbocycles. The number of urea groups is 1. The number of nitrogens with one attached hydrogen (secondary N) is 2. The Morgan fingerprint density at radius 3 is 2.80 bits per heavy atom. The van der Waals surface area contributed by atoms with E-state index >= 15 is 0 Å². The number of amides is 2. The van der Waals surface area contributed by atoms with E-state index in [0.29, 0.717) is 25.6 Å². The highest BCUT2D eigenvalue weighted by Gasteiger charge is 2.24. The van der Waals surface area contributed by atoms with Crippen LogP contribution >= 0.6 is 0 Å². The minimum atomic E-state index is -0.188. The van der Waals surface area contributed by atoms with Gasteiger partial charge in [0.05, 0.1) is 0 Å². The van der Waals surface area contributed by atoms with Gasteiger partial charge in [0.15, 0.2) is 0 Å². The maximum atomic E-state index is 12.3. The minimum absolute atomic E-state index is 0.0350. The minimum Gasteiger partial charge on any atom is -0.338 e. The van der Waals surface area contributed by atoms with Crippen molar-refractivity contribution in [2.75, 3.05) is 19.6 Å². The summed E-state index contributed by atoms with van der Waals surface area (Å²) in [5.41, 5.74) is -0.188. The van der Waals surface area contributed by atoms with E-state index in [1.807, 2.05) is 18.0 Å². The van der Waals surface area contributed by atoms with E-state index < -0.39 is 0 Å². The van der Waals surface area contributed by atoms with Crippen LogP contribution in [-0.4, -0.2) is 54.9 Å². The molecule has 1 unspecified atom stereocenters. The van der Waals surface area contributed by atoms with E-state index in [9.17, 15) is 9.59 Å². The van der Waals surface area contributed by atoms with E-state index in [1.54, 1.807) is 10.8 Å². The van der Waals surface area contributed by atoms with Crippen LogP contribution in [0.3, 0.4) is 0 Å². The number of rotatable bonds is 5. The average molecular weight is 347 g/mol. The van der Waals surface area contributed by atoms with E-state index in [1.165, 1.54) is 6.33 Å². The lowest BCUT2D eigenvalue weighted by Gasteiger charge is -2.32. The van der Waals surface area contributed by atoms with Crippen molar-refractivity contribution >= 4 is 6.03 Å². The van der Waals surface area contributed by atoms with Gasteiger partial charge in [-0.3, -0.25) is 4.57 Å². The van der Waals surface area contributed by atoms with Crippen LogP contribution in [0.1, 0.15) is 31.6 Å². The summed E-state index contributed by atoms with van der Waals surface area (Å²) in [6.07, 6.45) is 6.79. The van der Waals surface area contributed by atoms with E-state index in [2.05, 4.69) is 32.0 Å². The molecule has 0 aromatic carbocycles. The Balaban J connectivity index is 1.43. The van der Waals surface area contributed by atoms with Crippen molar-refractivity contribution in [3.8, 4) is 0 Å². The van der Waals surface area contributed by atoms with Crippen LogP contribution < -0.4 is 11.0 Å². The Kier molecular flexibility index (Phi) is 5.20. The number of carbonyl (C=O) groups excluding carboxylic acids is 1. The highest BCUT2D eigenvalue weighted by atomic mass is 16.2. The fourth-order valence-corrected chi connectivity index (χ4v) is 3.23. The Labute approximate surface area is 146 Å². The van der Waals surface area contributed by atoms with Gasteiger partial charge in [-0.05, 0) is 25.7 Å². The number of piperidine rings is 1. The number of aryl methyl sites for hydroxylation is 1. The van der Waals surface area contributed by atoms with Gasteiger partial charge < -0.3 is 14.8 Å². The molecule has 3 heterocycles. The normalized spacial score (nSPS) is 16.8. The number of likely N-dealkylation sites (tertiary alicyclic amines) is 1. The van der Waals surface area contributed by atoms with Crippen molar-refractivity contribution in [3.63, 3.8) is 0 Å². The van der Waals surface area contributed by atoms with Crippen molar-refractivity contribution in [2.24, 2.45) is 5.92 Å². The largest absolute Gasteiger partial charge is 0.343 e. The first-order valence-electron chi connectivity index (χ1n) is 8.66. The number of H-pyrrole nitrogens is 1. The van der Waals surface area contributed by atoms with Gasteiger partial charge in [0, 0.05) is 44.6 Å². The molecule has 0 radical (unpaired) electrons. The molecule has 2 N–H and O–H groups in total. The van der Waals surface area contributed by atoms with Gasteiger partial charge in [0.2, 0.25) is 0 Å². The third kappa shape index (κ3) is 4.09. The summed E-state index contributed by atoms with van der Waals surface area (Å²) in [4.78, 5) is 30.0. The first kappa shape index (κ1) is 17.2. The Bertz CT molecular complexity index is 754. The average Bonchev–Trinajstić information content (AvgIpc) is 3.21. The van der Waals surface area contributed by atoms with E-state index in [0.717, 1.165) is 25.2 Å². The van der Waals surface area contributed by atoms with Gasteiger partial charge >= 0.3 is 11.7 Å². The molecular formula is C16H25N7O2. The van der Waals surface area contributed by atoms with Crippen LogP contribution in [0, 0.1) is 12.8 Å². The number of aromatic nitrogens is 5. The van der Waals surface area contributed by atoms with Gasteiger partial charge in [0.1, 0.15) is 12.2 Å². The summed E-state index contributed by atoms with van der Waals surface area (Å²) in [5, 5.41) is 9.19. The summed E-state index contributed by atoms with van der Waals surface area (Å²) in [7, 11) is 0. The van der Waals surface area contributed by atoms with Crippen molar-refractivity contribution in [1.29, 1.82) is 0 Å². The lowest BCUT2D eigenvalue weighted by Crippen LogP contribution is -2.46. The predicted octanol–water partition coefficient (Wildman–Crippen LogP) is 0.759. The first-order valence-corrected chi connectivity index (χ1v) is 8.66. The van der Waals surface area contributed by atoms with Gasteiger partial charge in [0.25, 0.3) is 0 Å². The Morgan fingerprint density at radius 2 is 2.20 bits per heavy atom. The molecule has 1 aliphatic rings. The maximum absolute atomic E-state index is 12.3. The maximum Gasteiger partial charge on any atom is 0.343 e. The zero-order chi connectivity index (χ0) is 17.8. The van der Waals surface area contributed by atoms with Crippen molar-refractivity contribution in [1.82, 2.24) is 34.5 Å². The van der Waals surface area contributed by atoms with Crippen molar-refractivity contribution in [3.05, 3.63) is 35.0 Å². The molecule has 1 aliphatic heterocycles. The lowest BCUT2D eigenvalue weighted by atomic mass is 10.1. The number of aromatic amines is 1. The number of imidazole rings is 1. The van der Waals surface area contributed by atoms with Crippen LogP contribution in [-0.2, 0) is 6.54 Å². The molecule has 2 aromatic heterocycles. The lowest BCUT2D eigenvalue weighted by molar-refractivity contribution is 0.169. The smallest absolute Gasteiger partial charge is 0.338 e. The zero-order valence-corrected chi connectivity index (χ0v) is 14.7. The molecular weight excluding hydrogens is 322 g/mol. The van der Waals surface area contributed by atoms with E-state index in [-0.39, 0.29) is 17.8 Å². The Hall–Kier alpha value is -2.58. The standard InChI is InChI=1S/C16H25N7O2/c1-12(10-22-8-5-17-13(22)2)9-18-15(24)21-6-3-14(4-7-21)23-11-19-20-16(23)25/h5,8,11-12,14H,3-4,6-7,9-10H2,1-2H3,(H,18,24)(H,20,25). The van der Waals surface area contributed by atoms with Crippen molar-refractivity contribution < 1.29 is 4.79 Å². The first-order chi connectivity index (χ1) is 12.0. The molecule has 2 amide bonds. The molecule has 0 aliphatic carbocycles. The monoisotopic (exact) mass is 347 g/mol. The molecule has 1 atom stereocenters. The third-order valence-corrected chi connectivity index (χ3v) is 4.76. The number of hydrogen-bond donors (Lipinski definition) is 2. The SMILES string of the molecule is Cc1nccn1CC(C)CNC(=O)N1CCC(n2cn[nH]c2=O)CC1. The molecule has 1 saturated heterocycles. The molecule has 2 aromatic rings. The summed E-state index contributed by atoms with van der Waals surface area (Å²) in [6.45, 7) is 6.82. The fraction of sp³-hybridized carbons (Fsp3) is 0.625. The quantitative estimate of drug-likeness (QED) is 0.834. The van der Waals surface area contributed by atoms with Crippen LogP contribution in [0.15, 0.2) is 23.5 Å². The van der Waals surface area contributed by atoms with Gasteiger partial charge in [-0.15, -0.1) is 0 Å².